The van der Waals surface area contributed by atoms with E-state index in [2.05, 4.69) is 5.32 Å². The monoisotopic (exact) mass is 329 g/mol. The van der Waals surface area contributed by atoms with E-state index >= 15 is 0 Å². The van der Waals surface area contributed by atoms with E-state index in [1.54, 1.807) is 24.3 Å². The first-order chi connectivity index (χ1) is 11.5. The molecule has 1 saturated heterocycles. The highest BCUT2D eigenvalue weighted by atomic mass is 19.1. The van der Waals surface area contributed by atoms with Crippen LogP contribution in [0.5, 0.6) is 0 Å². The summed E-state index contributed by atoms with van der Waals surface area (Å²) in [6.07, 6.45) is 0. The van der Waals surface area contributed by atoms with Crippen LogP contribution in [0.3, 0.4) is 0 Å². The van der Waals surface area contributed by atoms with Gasteiger partial charge < -0.3 is 20.7 Å². The van der Waals surface area contributed by atoms with Crippen LogP contribution in [0.25, 0.3) is 0 Å². The summed E-state index contributed by atoms with van der Waals surface area (Å²) in [4.78, 5) is 14.5. The molecule has 0 saturated carbocycles. The highest BCUT2D eigenvalue weighted by Crippen LogP contribution is 2.24. The average Bonchev–Trinajstić information content (AvgIpc) is 2.57. The third-order valence-electron chi connectivity index (χ3n) is 4.02. The second kappa shape index (κ2) is 6.88. The summed E-state index contributed by atoms with van der Waals surface area (Å²) in [5.41, 5.74) is 8.70. The van der Waals surface area contributed by atoms with Gasteiger partial charge in [0, 0.05) is 35.7 Å². The lowest BCUT2D eigenvalue weighted by molar-refractivity contribution is 0.102. The minimum atomic E-state index is -0.390. The summed E-state index contributed by atoms with van der Waals surface area (Å²) in [5, 5.41) is 2.75. The molecule has 3 N–H and O–H groups in total. The lowest BCUT2D eigenvalue weighted by atomic mass is 10.1. The molecule has 3 rings (SSSR count). The molecule has 0 radical (unpaired) electrons. The average molecular weight is 329 g/mol. The maximum atomic E-state index is 13.9. The van der Waals surface area contributed by atoms with E-state index < -0.39 is 5.82 Å². The number of hydrogen-bond acceptors (Lipinski definition) is 4. The van der Waals surface area contributed by atoms with E-state index in [1.807, 2.05) is 11.8 Å². The summed E-state index contributed by atoms with van der Waals surface area (Å²) < 4.78 is 19.3. The van der Waals surface area contributed by atoms with Crippen molar-refractivity contribution in [2.24, 2.45) is 0 Å². The molecule has 0 atom stereocenters. The normalized spacial score (nSPS) is 14.5. The minimum absolute atomic E-state index is 0.307. The summed E-state index contributed by atoms with van der Waals surface area (Å²) >= 11 is 0. The number of nitrogen functional groups attached to an aromatic ring is 1. The van der Waals surface area contributed by atoms with Crippen LogP contribution in [-0.2, 0) is 4.74 Å². The molecule has 1 aliphatic heterocycles. The SMILES string of the molecule is Cc1ccc(N)cc1C(=O)Nc1cc(F)cc(N2CCOCC2)c1. The smallest absolute Gasteiger partial charge is 0.256 e. The van der Waals surface area contributed by atoms with Crippen LogP contribution < -0.4 is 16.0 Å². The number of rotatable bonds is 3. The minimum Gasteiger partial charge on any atom is -0.399 e. The second-order valence-electron chi connectivity index (χ2n) is 5.83. The fraction of sp³-hybridized carbons (Fsp3) is 0.278. The number of aryl methyl sites for hydroxylation is 1. The Morgan fingerprint density at radius 1 is 1.21 bits per heavy atom. The van der Waals surface area contributed by atoms with E-state index in [9.17, 15) is 9.18 Å². The Kier molecular flexibility index (Phi) is 4.66. The molecule has 1 amide bonds. The molecule has 2 aromatic rings. The molecule has 0 aliphatic carbocycles. The largest absolute Gasteiger partial charge is 0.399 e. The number of nitrogens with two attached hydrogens (primary N) is 1. The van der Waals surface area contributed by atoms with E-state index in [0.717, 1.165) is 11.3 Å². The predicted molar refractivity (Wildman–Crippen MR) is 93.0 cm³/mol. The van der Waals surface area contributed by atoms with Gasteiger partial charge in [-0.1, -0.05) is 6.07 Å². The van der Waals surface area contributed by atoms with E-state index in [0.29, 0.717) is 43.2 Å². The lowest BCUT2D eigenvalue weighted by Crippen LogP contribution is -2.36. The van der Waals surface area contributed by atoms with Crippen LogP contribution in [0.4, 0.5) is 21.5 Å². The van der Waals surface area contributed by atoms with Crippen molar-refractivity contribution in [1.82, 2.24) is 0 Å². The number of carbonyl (C=O) groups is 1. The molecule has 6 heteroatoms. The summed E-state index contributed by atoms with van der Waals surface area (Å²) in [6, 6.07) is 9.69. The molecule has 1 aliphatic rings. The molecule has 0 spiro atoms. The zero-order chi connectivity index (χ0) is 17.1. The van der Waals surface area contributed by atoms with Gasteiger partial charge in [0.25, 0.3) is 5.91 Å². The molecule has 1 heterocycles. The first kappa shape index (κ1) is 16.3. The number of morpholine rings is 1. The van der Waals surface area contributed by atoms with Gasteiger partial charge in [-0.25, -0.2) is 4.39 Å². The van der Waals surface area contributed by atoms with Crippen molar-refractivity contribution in [3.05, 3.63) is 53.3 Å². The van der Waals surface area contributed by atoms with Gasteiger partial charge in [-0.15, -0.1) is 0 Å². The van der Waals surface area contributed by atoms with Crippen LogP contribution in [0, 0.1) is 12.7 Å². The highest BCUT2D eigenvalue weighted by Gasteiger charge is 2.15. The number of benzene rings is 2. The summed E-state index contributed by atoms with van der Waals surface area (Å²) in [6.45, 7) is 4.46. The topological polar surface area (TPSA) is 67.6 Å². The molecule has 0 unspecified atom stereocenters. The zero-order valence-electron chi connectivity index (χ0n) is 13.5. The highest BCUT2D eigenvalue weighted by molar-refractivity contribution is 6.06. The van der Waals surface area contributed by atoms with Gasteiger partial charge in [0.1, 0.15) is 5.82 Å². The van der Waals surface area contributed by atoms with Gasteiger partial charge in [0.15, 0.2) is 0 Å². The molecule has 0 bridgehead atoms. The van der Waals surface area contributed by atoms with Crippen LogP contribution in [0.2, 0.25) is 0 Å². The van der Waals surface area contributed by atoms with Gasteiger partial charge in [-0.3, -0.25) is 4.79 Å². The van der Waals surface area contributed by atoms with E-state index in [1.165, 1.54) is 12.1 Å². The van der Waals surface area contributed by atoms with Crippen LogP contribution >= 0.6 is 0 Å². The van der Waals surface area contributed by atoms with Crippen molar-refractivity contribution >= 4 is 23.0 Å². The Labute approximate surface area is 140 Å². The van der Waals surface area contributed by atoms with E-state index in [4.69, 9.17) is 10.5 Å². The predicted octanol–water partition coefficient (Wildman–Crippen LogP) is 2.81. The molecule has 24 heavy (non-hydrogen) atoms. The van der Waals surface area contributed by atoms with Crippen molar-refractivity contribution in [2.75, 3.05) is 42.3 Å². The Morgan fingerprint density at radius 3 is 2.71 bits per heavy atom. The second-order valence-corrected chi connectivity index (χ2v) is 5.83. The number of ether oxygens (including phenoxy) is 1. The molecular weight excluding hydrogens is 309 g/mol. The third-order valence-corrected chi connectivity index (χ3v) is 4.02. The maximum absolute atomic E-state index is 13.9. The Bertz CT molecular complexity index is 758. The number of amides is 1. The van der Waals surface area contributed by atoms with Crippen LogP contribution in [-0.4, -0.2) is 32.2 Å². The lowest BCUT2D eigenvalue weighted by Gasteiger charge is -2.29. The van der Waals surface area contributed by atoms with Crippen molar-refractivity contribution in [1.29, 1.82) is 0 Å². The Morgan fingerprint density at radius 2 is 1.96 bits per heavy atom. The van der Waals surface area contributed by atoms with Crippen molar-refractivity contribution in [3.63, 3.8) is 0 Å². The Hall–Kier alpha value is -2.60. The maximum Gasteiger partial charge on any atom is 0.256 e. The van der Waals surface area contributed by atoms with Gasteiger partial charge in [0.05, 0.1) is 13.2 Å². The van der Waals surface area contributed by atoms with Crippen molar-refractivity contribution in [2.45, 2.75) is 6.92 Å². The van der Waals surface area contributed by atoms with E-state index in [-0.39, 0.29) is 5.91 Å². The molecular formula is C18H20FN3O2. The number of nitrogens with one attached hydrogen (secondary N) is 1. The van der Waals surface area contributed by atoms with Gasteiger partial charge >= 0.3 is 0 Å². The first-order valence-electron chi connectivity index (χ1n) is 7.84. The fourth-order valence-corrected chi connectivity index (χ4v) is 2.73. The van der Waals surface area contributed by atoms with Gasteiger partial charge in [-0.2, -0.15) is 0 Å². The van der Waals surface area contributed by atoms with Crippen LogP contribution in [0.1, 0.15) is 15.9 Å². The number of hydrogen-bond donors (Lipinski definition) is 2. The molecule has 0 aromatic heterocycles. The number of nitrogens with zero attached hydrogens (tertiary/aromatic N) is 1. The van der Waals surface area contributed by atoms with Gasteiger partial charge in [0.2, 0.25) is 0 Å². The summed E-state index contributed by atoms with van der Waals surface area (Å²) in [7, 11) is 0. The molecule has 5 nitrogen and oxygen atoms in total. The quantitative estimate of drug-likeness (QED) is 0.850. The van der Waals surface area contributed by atoms with Crippen molar-refractivity contribution < 1.29 is 13.9 Å². The van der Waals surface area contributed by atoms with Crippen LogP contribution in [0.15, 0.2) is 36.4 Å². The van der Waals surface area contributed by atoms with Crippen molar-refractivity contribution in [3.8, 4) is 0 Å². The molecule has 1 fully saturated rings. The zero-order valence-corrected chi connectivity index (χ0v) is 13.5. The Balaban J connectivity index is 1.83. The first-order valence-corrected chi connectivity index (χ1v) is 7.84. The molecule has 126 valence electrons. The number of carbonyl (C=O) groups excluding carboxylic acids is 1. The molecule has 2 aromatic carbocycles. The third kappa shape index (κ3) is 3.65. The summed E-state index contributed by atoms with van der Waals surface area (Å²) in [5.74, 6) is -0.697. The fourth-order valence-electron chi connectivity index (χ4n) is 2.73. The number of halogens is 1. The standard InChI is InChI=1S/C18H20FN3O2/c1-12-2-3-14(20)10-17(12)18(23)21-15-8-13(19)9-16(11-15)22-4-6-24-7-5-22/h2-3,8-11H,4-7,20H2,1H3,(H,21,23). The number of anilines is 3. The van der Waals surface area contributed by atoms with Gasteiger partial charge in [-0.05, 0) is 42.8 Å².